The van der Waals surface area contributed by atoms with E-state index in [4.69, 9.17) is 0 Å². The molecule has 1 rings (SSSR count). The van der Waals surface area contributed by atoms with Crippen LogP contribution in [0, 0.1) is 0 Å². The SMILES string of the molecule is CC1=CC(=CN(C)C)C(O)C(=CN(C)C)C1. The normalized spacial score (nSPS) is 25.9. The van der Waals surface area contributed by atoms with Crippen LogP contribution >= 0.6 is 0 Å². The first-order valence-corrected chi connectivity index (χ1v) is 5.50. The zero-order chi connectivity index (χ0) is 12.3. The molecule has 0 amide bonds. The van der Waals surface area contributed by atoms with Crippen LogP contribution in [-0.4, -0.2) is 49.2 Å². The zero-order valence-electron chi connectivity index (χ0n) is 10.9. The molecule has 0 heterocycles. The maximum absolute atomic E-state index is 10.2. The summed E-state index contributed by atoms with van der Waals surface area (Å²) >= 11 is 0. The van der Waals surface area contributed by atoms with Crippen LogP contribution in [0.5, 0.6) is 0 Å². The smallest absolute Gasteiger partial charge is 0.103 e. The molecular weight excluding hydrogens is 200 g/mol. The molecule has 16 heavy (non-hydrogen) atoms. The van der Waals surface area contributed by atoms with E-state index in [2.05, 4.69) is 13.0 Å². The van der Waals surface area contributed by atoms with Crippen LogP contribution < -0.4 is 0 Å². The molecule has 0 aliphatic heterocycles. The summed E-state index contributed by atoms with van der Waals surface area (Å²) in [5.74, 6) is 0. The van der Waals surface area contributed by atoms with E-state index in [1.807, 2.05) is 50.4 Å². The molecule has 0 saturated carbocycles. The number of nitrogens with zero attached hydrogens (tertiary/aromatic N) is 2. The Balaban J connectivity index is 3.02. The predicted molar refractivity (Wildman–Crippen MR) is 67.9 cm³/mol. The second-order valence-electron chi connectivity index (χ2n) is 4.83. The molecule has 1 unspecified atom stereocenters. The molecule has 1 aliphatic rings. The zero-order valence-corrected chi connectivity index (χ0v) is 10.9. The first-order valence-electron chi connectivity index (χ1n) is 5.50. The molecule has 90 valence electrons. The van der Waals surface area contributed by atoms with Crippen LogP contribution in [0.25, 0.3) is 0 Å². The summed E-state index contributed by atoms with van der Waals surface area (Å²) in [4.78, 5) is 3.94. The fourth-order valence-corrected chi connectivity index (χ4v) is 1.90. The van der Waals surface area contributed by atoms with Crippen molar-refractivity contribution < 1.29 is 5.11 Å². The molecule has 0 aromatic heterocycles. The second-order valence-corrected chi connectivity index (χ2v) is 4.83. The van der Waals surface area contributed by atoms with E-state index in [1.165, 1.54) is 5.57 Å². The van der Waals surface area contributed by atoms with Crippen LogP contribution in [0.1, 0.15) is 13.3 Å². The van der Waals surface area contributed by atoms with Crippen LogP contribution in [-0.2, 0) is 0 Å². The quantitative estimate of drug-likeness (QED) is 0.768. The van der Waals surface area contributed by atoms with Crippen molar-refractivity contribution in [3.63, 3.8) is 0 Å². The third-order valence-corrected chi connectivity index (χ3v) is 2.39. The topological polar surface area (TPSA) is 26.7 Å². The van der Waals surface area contributed by atoms with Gasteiger partial charge in [0.2, 0.25) is 0 Å². The van der Waals surface area contributed by atoms with Crippen molar-refractivity contribution in [1.82, 2.24) is 9.80 Å². The van der Waals surface area contributed by atoms with Gasteiger partial charge >= 0.3 is 0 Å². The number of hydrogen-bond donors (Lipinski definition) is 1. The maximum Gasteiger partial charge on any atom is 0.103 e. The van der Waals surface area contributed by atoms with Gasteiger partial charge < -0.3 is 14.9 Å². The van der Waals surface area contributed by atoms with Gasteiger partial charge in [0, 0.05) is 46.2 Å². The predicted octanol–water partition coefficient (Wildman–Crippen LogP) is 1.59. The lowest BCUT2D eigenvalue weighted by molar-refractivity contribution is 0.239. The number of rotatable bonds is 2. The van der Waals surface area contributed by atoms with E-state index in [0.29, 0.717) is 0 Å². The Morgan fingerprint density at radius 3 is 2.25 bits per heavy atom. The molecule has 1 N–H and O–H groups in total. The van der Waals surface area contributed by atoms with Gasteiger partial charge in [-0.2, -0.15) is 0 Å². The van der Waals surface area contributed by atoms with E-state index in [0.717, 1.165) is 17.6 Å². The summed E-state index contributed by atoms with van der Waals surface area (Å²) in [6, 6.07) is 0. The lowest BCUT2D eigenvalue weighted by Crippen LogP contribution is -2.21. The molecule has 0 saturated heterocycles. The monoisotopic (exact) mass is 222 g/mol. The molecule has 3 nitrogen and oxygen atoms in total. The van der Waals surface area contributed by atoms with Crippen molar-refractivity contribution >= 4 is 0 Å². The van der Waals surface area contributed by atoms with Crippen LogP contribution in [0.2, 0.25) is 0 Å². The standard InChI is InChI=1S/C13H22N2O/c1-10-6-11(8-14(2)3)13(16)12(7-10)9-15(4)5/h6,8-9,13,16H,7H2,1-5H3. The summed E-state index contributed by atoms with van der Waals surface area (Å²) in [6.07, 6.45) is 6.41. The molecular formula is C13H22N2O. The molecule has 1 atom stereocenters. The van der Waals surface area contributed by atoms with Crippen LogP contribution in [0.4, 0.5) is 0 Å². The van der Waals surface area contributed by atoms with Gasteiger partial charge in [-0.3, -0.25) is 0 Å². The summed E-state index contributed by atoms with van der Waals surface area (Å²) in [6.45, 7) is 2.10. The molecule has 0 aromatic rings. The minimum Gasteiger partial charge on any atom is -0.384 e. The first-order chi connectivity index (χ1) is 7.40. The molecule has 0 spiro atoms. The van der Waals surface area contributed by atoms with E-state index in [-0.39, 0.29) is 0 Å². The highest BCUT2D eigenvalue weighted by Gasteiger charge is 2.20. The Hall–Kier alpha value is -1.22. The molecule has 0 aromatic carbocycles. The van der Waals surface area contributed by atoms with Crippen molar-refractivity contribution in [2.45, 2.75) is 19.4 Å². The third-order valence-electron chi connectivity index (χ3n) is 2.39. The Kier molecular flexibility index (Phi) is 4.19. The van der Waals surface area contributed by atoms with Crippen molar-refractivity contribution in [3.05, 3.63) is 35.2 Å². The van der Waals surface area contributed by atoms with Crippen molar-refractivity contribution in [1.29, 1.82) is 0 Å². The minimum atomic E-state index is -0.478. The molecule has 0 bridgehead atoms. The number of aliphatic hydroxyl groups excluding tert-OH is 1. The van der Waals surface area contributed by atoms with Gasteiger partial charge in [-0.25, -0.2) is 0 Å². The Morgan fingerprint density at radius 1 is 1.19 bits per heavy atom. The number of aliphatic hydroxyl groups is 1. The summed E-state index contributed by atoms with van der Waals surface area (Å²) in [5, 5.41) is 10.2. The number of allylic oxidation sites excluding steroid dienone is 1. The second kappa shape index (κ2) is 5.21. The molecule has 1 aliphatic carbocycles. The largest absolute Gasteiger partial charge is 0.384 e. The van der Waals surface area contributed by atoms with Gasteiger partial charge in [0.25, 0.3) is 0 Å². The Labute approximate surface area is 98.4 Å². The highest BCUT2D eigenvalue weighted by Crippen LogP contribution is 2.27. The average molecular weight is 222 g/mol. The highest BCUT2D eigenvalue weighted by atomic mass is 16.3. The van der Waals surface area contributed by atoms with Gasteiger partial charge in [0.1, 0.15) is 6.10 Å². The maximum atomic E-state index is 10.2. The molecule has 0 fully saturated rings. The van der Waals surface area contributed by atoms with Crippen LogP contribution in [0.3, 0.4) is 0 Å². The van der Waals surface area contributed by atoms with Gasteiger partial charge in [-0.05, 0) is 18.9 Å². The van der Waals surface area contributed by atoms with Gasteiger partial charge in [-0.15, -0.1) is 0 Å². The molecule has 0 radical (unpaired) electrons. The van der Waals surface area contributed by atoms with E-state index in [9.17, 15) is 5.11 Å². The van der Waals surface area contributed by atoms with E-state index < -0.39 is 6.10 Å². The molecule has 3 heteroatoms. The number of hydrogen-bond acceptors (Lipinski definition) is 3. The lowest BCUT2D eigenvalue weighted by Gasteiger charge is -2.25. The Bertz CT molecular complexity index is 338. The average Bonchev–Trinajstić information content (AvgIpc) is 2.11. The summed E-state index contributed by atoms with van der Waals surface area (Å²) in [7, 11) is 7.88. The van der Waals surface area contributed by atoms with Gasteiger partial charge in [-0.1, -0.05) is 11.6 Å². The summed E-state index contributed by atoms with van der Waals surface area (Å²) < 4.78 is 0. The van der Waals surface area contributed by atoms with Gasteiger partial charge in [0.05, 0.1) is 0 Å². The fourth-order valence-electron chi connectivity index (χ4n) is 1.90. The summed E-state index contributed by atoms with van der Waals surface area (Å²) in [5.41, 5.74) is 3.30. The fraction of sp³-hybridized carbons (Fsp3) is 0.538. The third kappa shape index (κ3) is 3.42. The van der Waals surface area contributed by atoms with Crippen LogP contribution in [0.15, 0.2) is 35.2 Å². The first kappa shape index (κ1) is 12.8. The highest BCUT2D eigenvalue weighted by molar-refractivity contribution is 5.40. The van der Waals surface area contributed by atoms with E-state index in [1.54, 1.807) is 0 Å². The Morgan fingerprint density at radius 2 is 1.75 bits per heavy atom. The van der Waals surface area contributed by atoms with E-state index >= 15 is 0 Å². The van der Waals surface area contributed by atoms with Crippen molar-refractivity contribution in [3.8, 4) is 0 Å². The minimum absolute atomic E-state index is 0.478. The lowest BCUT2D eigenvalue weighted by atomic mass is 9.89. The van der Waals surface area contributed by atoms with Crippen molar-refractivity contribution in [2.75, 3.05) is 28.2 Å². The van der Waals surface area contributed by atoms with Gasteiger partial charge in [0.15, 0.2) is 0 Å². The van der Waals surface area contributed by atoms with Crippen molar-refractivity contribution in [2.24, 2.45) is 0 Å².